The molecule has 0 spiro atoms. The standard InChI is InChI=1S/C11H18O3/c1-12-11(13-2,14-3)10-7-8-4-5-9(10)6-8/h4-5,8-10H,6-7H2,1-3H3/t8-,9-,10+/m0/s1. The third-order valence-electron chi connectivity index (χ3n) is 3.59. The molecule has 2 aliphatic rings. The van der Waals surface area contributed by atoms with Gasteiger partial charge in [-0.2, -0.15) is 0 Å². The Morgan fingerprint density at radius 1 is 1.00 bits per heavy atom. The fraction of sp³-hybridized carbons (Fsp3) is 0.818. The van der Waals surface area contributed by atoms with Crippen LogP contribution in [0.2, 0.25) is 0 Å². The first kappa shape index (κ1) is 10.1. The zero-order chi connectivity index (χ0) is 10.2. The van der Waals surface area contributed by atoms with E-state index in [0.717, 1.165) is 6.42 Å². The molecule has 0 amide bonds. The normalized spacial score (nSPS) is 35.5. The lowest BCUT2D eigenvalue weighted by Crippen LogP contribution is -2.45. The van der Waals surface area contributed by atoms with Crippen LogP contribution in [-0.4, -0.2) is 27.3 Å². The third kappa shape index (κ3) is 1.31. The highest BCUT2D eigenvalue weighted by Crippen LogP contribution is 2.49. The summed E-state index contributed by atoms with van der Waals surface area (Å²) in [5, 5.41) is 0. The van der Waals surface area contributed by atoms with Crippen LogP contribution in [0.4, 0.5) is 0 Å². The van der Waals surface area contributed by atoms with Crippen molar-refractivity contribution in [1.29, 1.82) is 0 Å². The Balaban J connectivity index is 2.16. The third-order valence-corrected chi connectivity index (χ3v) is 3.59. The molecule has 0 unspecified atom stereocenters. The van der Waals surface area contributed by atoms with Crippen LogP contribution in [0.3, 0.4) is 0 Å². The fourth-order valence-corrected chi connectivity index (χ4v) is 2.89. The minimum atomic E-state index is -0.843. The van der Waals surface area contributed by atoms with Gasteiger partial charge in [0.05, 0.1) is 0 Å². The molecule has 0 aromatic rings. The van der Waals surface area contributed by atoms with Crippen molar-refractivity contribution in [2.24, 2.45) is 17.8 Å². The van der Waals surface area contributed by atoms with E-state index in [1.165, 1.54) is 6.42 Å². The maximum atomic E-state index is 5.39. The van der Waals surface area contributed by atoms with Crippen molar-refractivity contribution in [3.8, 4) is 0 Å². The zero-order valence-corrected chi connectivity index (χ0v) is 9.03. The van der Waals surface area contributed by atoms with E-state index in [0.29, 0.717) is 17.8 Å². The predicted molar refractivity (Wildman–Crippen MR) is 52.6 cm³/mol. The summed E-state index contributed by atoms with van der Waals surface area (Å²) in [6.07, 6.45) is 6.90. The minimum absolute atomic E-state index is 0.331. The van der Waals surface area contributed by atoms with Crippen LogP contribution in [0.15, 0.2) is 12.2 Å². The van der Waals surface area contributed by atoms with Crippen molar-refractivity contribution in [2.45, 2.75) is 18.8 Å². The lowest BCUT2D eigenvalue weighted by molar-refractivity contribution is -0.381. The quantitative estimate of drug-likeness (QED) is 0.509. The second-order valence-electron chi connectivity index (χ2n) is 4.10. The first-order valence-corrected chi connectivity index (χ1v) is 5.09. The van der Waals surface area contributed by atoms with Gasteiger partial charge in [0.2, 0.25) is 0 Å². The average molecular weight is 198 g/mol. The molecule has 0 aromatic heterocycles. The van der Waals surface area contributed by atoms with Crippen LogP contribution in [0, 0.1) is 17.8 Å². The fourth-order valence-electron chi connectivity index (χ4n) is 2.89. The first-order valence-electron chi connectivity index (χ1n) is 5.09. The number of hydrogen-bond donors (Lipinski definition) is 0. The number of fused-ring (bicyclic) bond motifs is 2. The average Bonchev–Trinajstić information content (AvgIpc) is 2.83. The minimum Gasteiger partial charge on any atom is -0.331 e. The molecule has 2 rings (SSSR count). The summed E-state index contributed by atoms with van der Waals surface area (Å²) in [5.41, 5.74) is 0. The smallest absolute Gasteiger partial charge is 0.285 e. The van der Waals surface area contributed by atoms with E-state index in [9.17, 15) is 0 Å². The molecule has 0 heterocycles. The summed E-state index contributed by atoms with van der Waals surface area (Å²) in [6.45, 7) is 0. The van der Waals surface area contributed by atoms with Crippen molar-refractivity contribution >= 4 is 0 Å². The molecule has 0 aromatic carbocycles. The lowest BCUT2D eigenvalue weighted by atomic mass is 9.91. The molecule has 1 saturated carbocycles. The van der Waals surface area contributed by atoms with Crippen molar-refractivity contribution < 1.29 is 14.2 Å². The molecular formula is C11H18O3. The van der Waals surface area contributed by atoms with Crippen LogP contribution in [-0.2, 0) is 14.2 Å². The summed E-state index contributed by atoms with van der Waals surface area (Å²) < 4.78 is 16.2. The van der Waals surface area contributed by atoms with Gasteiger partial charge in [0, 0.05) is 27.2 Å². The highest BCUT2D eigenvalue weighted by Gasteiger charge is 2.50. The Morgan fingerprint density at radius 2 is 1.64 bits per heavy atom. The van der Waals surface area contributed by atoms with Crippen molar-refractivity contribution in [3.63, 3.8) is 0 Å². The Kier molecular flexibility index (Phi) is 2.64. The van der Waals surface area contributed by atoms with E-state index >= 15 is 0 Å². The van der Waals surface area contributed by atoms with Gasteiger partial charge in [-0.15, -0.1) is 0 Å². The van der Waals surface area contributed by atoms with Crippen molar-refractivity contribution in [3.05, 3.63) is 12.2 Å². The molecule has 0 radical (unpaired) electrons. The molecule has 80 valence electrons. The summed E-state index contributed by atoms with van der Waals surface area (Å²) in [6, 6.07) is 0. The molecular weight excluding hydrogens is 180 g/mol. The first-order chi connectivity index (χ1) is 6.75. The molecule has 0 N–H and O–H groups in total. The van der Waals surface area contributed by atoms with Gasteiger partial charge in [-0.1, -0.05) is 12.2 Å². The molecule has 3 heteroatoms. The zero-order valence-electron chi connectivity index (χ0n) is 9.03. The highest BCUT2D eigenvalue weighted by atomic mass is 16.9. The number of hydrogen-bond acceptors (Lipinski definition) is 3. The van der Waals surface area contributed by atoms with Gasteiger partial charge in [-0.05, 0) is 24.7 Å². The number of allylic oxidation sites excluding steroid dienone is 2. The summed E-state index contributed by atoms with van der Waals surface area (Å²) in [5.74, 6) is 0.742. The largest absolute Gasteiger partial charge is 0.331 e. The maximum absolute atomic E-state index is 5.39. The Morgan fingerprint density at radius 3 is 2.00 bits per heavy atom. The van der Waals surface area contributed by atoms with Crippen LogP contribution in [0.5, 0.6) is 0 Å². The van der Waals surface area contributed by atoms with Crippen LogP contribution < -0.4 is 0 Å². The summed E-state index contributed by atoms with van der Waals surface area (Å²) >= 11 is 0. The lowest BCUT2D eigenvalue weighted by Gasteiger charge is -2.37. The Bertz CT molecular complexity index is 224. The molecule has 2 aliphatic carbocycles. The monoisotopic (exact) mass is 198 g/mol. The van der Waals surface area contributed by atoms with Gasteiger partial charge in [0.1, 0.15) is 0 Å². The van der Waals surface area contributed by atoms with E-state index in [4.69, 9.17) is 14.2 Å². The van der Waals surface area contributed by atoms with E-state index in [1.54, 1.807) is 21.3 Å². The van der Waals surface area contributed by atoms with E-state index in [-0.39, 0.29) is 0 Å². The summed E-state index contributed by atoms with van der Waals surface area (Å²) in [4.78, 5) is 0. The van der Waals surface area contributed by atoms with Gasteiger partial charge < -0.3 is 14.2 Å². The maximum Gasteiger partial charge on any atom is 0.285 e. The SMILES string of the molecule is COC(OC)(OC)[C@@H]1C[C@H]2C=C[C@H]1C2. The molecule has 1 fully saturated rings. The van der Waals surface area contributed by atoms with E-state index < -0.39 is 5.97 Å². The van der Waals surface area contributed by atoms with E-state index in [2.05, 4.69) is 12.2 Å². The number of ether oxygens (including phenoxy) is 3. The number of rotatable bonds is 4. The molecule has 0 aliphatic heterocycles. The molecule has 2 bridgehead atoms. The second-order valence-corrected chi connectivity index (χ2v) is 4.10. The molecule has 0 saturated heterocycles. The molecule has 3 nitrogen and oxygen atoms in total. The highest BCUT2D eigenvalue weighted by molar-refractivity contribution is 5.11. The Labute approximate surface area is 85.0 Å². The Hall–Kier alpha value is -0.380. The summed E-state index contributed by atoms with van der Waals surface area (Å²) in [7, 11) is 4.92. The van der Waals surface area contributed by atoms with Crippen LogP contribution in [0.1, 0.15) is 12.8 Å². The van der Waals surface area contributed by atoms with Gasteiger partial charge in [0.15, 0.2) is 0 Å². The van der Waals surface area contributed by atoms with Gasteiger partial charge in [0.25, 0.3) is 5.97 Å². The predicted octanol–water partition coefficient (Wildman–Crippen LogP) is 1.79. The number of methoxy groups -OCH3 is 3. The van der Waals surface area contributed by atoms with Crippen molar-refractivity contribution in [2.75, 3.05) is 21.3 Å². The topological polar surface area (TPSA) is 27.7 Å². The van der Waals surface area contributed by atoms with E-state index in [1.807, 2.05) is 0 Å². The van der Waals surface area contributed by atoms with Crippen LogP contribution in [0.25, 0.3) is 0 Å². The molecule has 14 heavy (non-hydrogen) atoms. The van der Waals surface area contributed by atoms with Gasteiger partial charge in [-0.25, -0.2) is 0 Å². The second kappa shape index (κ2) is 3.65. The molecule has 3 atom stereocenters. The van der Waals surface area contributed by atoms with Crippen molar-refractivity contribution in [1.82, 2.24) is 0 Å². The van der Waals surface area contributed by atoms with Gasteiger partial charge >= 0.3 is 0 Å². The van der Waals surface area contributed by atoms with Gasteiger partial charge in [-0.3, -0.25) is 0 Å². The van der Waals surface area contributed by atoms with Crippen LogP contribution >= 0.6 is 0 Å².